The van der Waals surface area contributed by atoms with Crippen LogP contribution in [0.4, 0.5) is 5.69 Å². The molecule has 0 radical (unpaired) electrons. The average Bonchev–Trinajstić information content (AvgIpc) is 3.73. The van der Waals surface area contributed by atoms with Crippen LogP contribution in [0.25, 0.3) is 49.4 Å². The molecule has 1 aliphatic rings. The Morgan fingerprint density at radius 1 is 0.833 bits per heavy atom. The first kappa shape index (κ1) is 28.0. The normalized spacial score (nSPS) is 12.8. The number of unbranched alkanes of at least 4 members (excludes halogenated alkanes) is 1. The molecule has 3 aromatic heterocycles. The number of pyridine rings is 1. The standard InChI is InChI=1S/C25H21N3.C12H10N.Ir/c1-2-3-12-26-13-14-27(17-26)18-15-21-19-8-4-6-10-23(19)28-24-11-7-5-9-20(24)22(16-18)25(21)28;1-10-7-8-12(13-9-10)11-5-3-2-4-6-11;/h4-11,13-15,17H,2-3,12H2,1H3;2-5,7-9H,1H3;/q-2;-1;+3. The van der Waals surface area contributed by atoms with E-state index in [4.69, 9.17) is 0 Å². The number of fused-ring (bicyclic) bond motifs is 6. The number of nitrogens with zero attached hydrogens (tertiary/aromatic N) is 4. The number of aromatic nitrogens is 2. The molecule has 4 heterocycles. The number of para-hydroxylation sites is 2. The third-order valence-corrected chi connectivity index (χ3v) is 7.73. The van der Waals surface area contributed by atoms with Gasteiger partial charge in [-0.2, -0.15) is 6.67 Å². The average molecular weight is 724 g/mol. The molecule has 0 bridgehead atoms. The van der Waals surface area contributed by atoms with E-state index in [1.165, 1.54) is 56.5 Å². The Kier molecular flexibility index (Phi) is 7.97. The van der Waals surface area contributed by atoms with Crippen LogP contribution in [-0.2, 0) is 20.1 Å². The van der Waals surface area contributed by atoms with Crippen LogP contribution >= 0.6 is 0 Å². The van der Waals surface area contributed by atoms with Crippen LogP contribution in [0.3, 0.4) is 0 Å². The second-order valence-corrected chi connectivity index (χ2v) is 10.6. The Labute approximate surface area is 260 Å². The second kappa shape index (κ2) is 12.0. The van der Waals surface area contributed by atoms with E-state index in [1.807, 2.05) is 43.5 Å². The zero-order valence-electron chi connectivity index (χ0n) is 23.7. The van der Waals surface area contributed by atoms with Crippen LogP contribution in [0.5, 0.6) is 0 Å². The first-order chi connectivity index (χ1) is 20.2. The van der Waals surface area contributed by atoms with E-state index in [0.29, 0.717) is 0 Å². The Morgan fingerprint density at radius 2 is 1.60 bits per heavy atom. The van der Waals surface area contributed by atoms with Crippen LogP contribution in [-0.4, -0.2) is 20.8 Å². The summed E-state index contributed by atoms with van der Waals surface area (Å²) in [5.41, 5.74) is 8.09. The summed E-state index contributed by atoms with van der Waals surface area (Å²) in [6.45, 7) is 7.50. The fourth-order valence-electron chi connectivity index (χ4n) is 5.67. The van der Waals surface area contributed by atoms with E-state index in [0.717, 1.165) is 23.5 Å². The molecule has 0 aliphatic carbocycles. The Morgan fingerprint density at radius 3 is 2.33 bits per heavy atom. The maximum absolute atomic E-state index is 4.32. The third-order valence-electron chi connectivity index (χ3n) is 7.73. The number of benzene rings is 4. The van der Waals surface area contributed by atoms with Gasteiger partial charge in [0, 0.05) is 17.2 Å². The molecule has 8 rings (SSSR count). The van der Waals surface area contributed by atoms with Crippen molar-refractivity contribution in [3.8, 4) is 11.3 Å². The molecule has 0 amide bonds. The van der Waals surface area contributed by atoms with E-state index in [2.05, 4.69) is 118 Å². The molecule has 0 N–H and O–H groups in total. The van der Waals surface area contributed by atoms with E-state index in [1.54, 1.807) is 0 Å². The molecule has 208 valence electrons. The summed E-state index contributed by atoms with van der Waals surface area (Å²) in [6.07, 6.45) is 8.57. The van der Waals surface area contributed by atoms with Crippen molar-refractivity contribution in [2.45, 2.75) is 26.7 Å². The van der Waals surface area contributed by atoms with Gasteiger partial charge in [-0.1, -0.05) is 78.3 Å². The van der Waals surface area contributed by atoms with Gasteiger partial charge in [0.05, 0.1) is 0 Å². The Bertz CT molecular complexity index is 1890. The van der Waals surface area contributed by atoms with Gasteiger partial charge in [0.25, 0.3) is 0 Å². The van der Waals surface area contributed by atoms with Gasteiger partial charge >= 0.3 is 20.1 Å². The van der Waals surface area contributed by atoms with Gasteiger partial charge in [0.15, 0.2) is 0 Å². The summed E-state index contributed by atoms with van der Waals surface area (Å²) in [6, 6.07) is 38.4. The number of hydrogen-bond acceptors (Lipinski definition) is 3. The van der Waals surface area contributed by atoms with Crippen molar-refractivity contribution in [2.75, 3.05) is 11.4 Å². The van der Waals surface area contributed by atoms with Gasteiger partial charge < -0.3 is 19.2 Å². The summed E-state index contributed by atoms with van der Waals surface area (Å²) in [4.78, 5) is 8.77. The van der Waals surface area contributed by atoms with Gasteiger partial charge in [0.2, 0.25) is 0 Å². The zero-order chi connectivity index (χ0) is 27.8. The maximum Gasteiger partial charge on any atom is 3.00 e. The molecule has 0 atom stereocenters. The van der Waals surface area contributed by atoms with Crippen molar-refractivity contribution in [1.82, 2.24) is 14.3 Å². The third kappa shape index (κ3) is 5.04. The summed E-state index contributed by atoms with van der Waals surface area (Å²) < 4.78 is 2.40. The van der Waals surface area contributed by atoms with E-state index < -0.39 is 0 Å². The van der Waals surface area contributed by atoms with Gasteiger partial charge in [-0.3, -0.25) is 0 Å². The Balaban J connectivity index is 0.000000191. The molecular weight excluding hydrogens is 693 g/mol. The first-order valence-corrected chi connectivity index (χ1v) is 14.3. The minimum Gasteiger partial charge on any atom is -0.508 e. The van der Waals surface area contributed by atoms with Crippen LogP contribution in [0.2, 0.25) is 0 Å². The minimum atomic E-state index is 0. The summed E-state index contributed by atoms with van der Waals surface area (Å²) in [5, 5.41) is 5.06. The number of rotatable bonds is 5. The molecule has 4 nitrogen and oxygen atoms in total. The van der Waals surface area contributed by atoms with Crippen molar-refractivity contribution in [3.63, 3.8) is 0 Å². The molecular formula is C37H31IrN4. The van der Waals surface area contributed by atoms with Crippen LogP contribution in [0, 0.1) is 25.7 Å². The molecule has 0 saturated carbocycles. The minimum absolute atomic E-state index is 0. The molecule has 5 heteroatoms. The predicted octanol–water partition coefficient (Wildman–Crippen LogP) is 9.00. The SMILES string of the molecule is CCCCN1C=CN(c2[c-]c3c4ccccc4n4c5ccccc5c(c2)c34)[CH-]1.Cc1ccc(-c2[c-]cccc2)nc1.[Ir+3]. The fraction of sp³-hybridized carbons (Fsp3) is 0.135. The van der Waals surface area contributed by atoms with Crippen LogP contribution in [0.15, 0.2) is 110 Å². The molecule has 1 aliphatic heterocycles. The Hall–Kier alpha value is -4.18. The fourth-order valence-corrected chi connectivity index (χ4v) is 5.67. The van der Waals surface area contributed by atoms with Crippen molar-refractivity contribution < 1.29 is 20.1 Å². The van der Waals surface area contributed by atoms with Crippen molar-refractivity contribution in [1.29, 1.82) is 0 Å². The molecule has 42 heavy (non-hydrogen) atoms. The first-order valence-electron chi connectivity index (χ1n) is 14.3. The molecule has 0 saturated heterocycles. The molecule has 0 spiro atoms. The molecule has 4 aromatic carbocycles. The number of hydrogen-bond donors (Lipinski definition) is 0. The molecule has 0 fully saturated rings. The van der Waals surface area contributed by atoms with E-state index in [9.17, 15) is 0 Å². The summed E-state index contributed by atoms with van der Waals surface area (Å²) in [7, 11) is 0. The summed E-state index contributed by atoms with van der Waals surface area (Å²) in [5.74, 6) is 0. The number of aryl methyl sites for hydroxylation is 1. The topological polar surface area (TPSA) is 23.8 Å². The molecule has 0 unspecified atom stereocenters. The zero-order valence-corrected chi connectivity index (χ0v) is 26.1. The predicted molar refractivity (Wildman–Crippen MR) is 171 cm³/mol. The van der Waals surface area contributed by atoms with E-state index in [-0.39, 0.29) is 20.1 Å². The quantitative estimate of drug-likeness (QED) is 0.166. The van der Waals surface area contributed by atoms with Crippen molar-refractivity contribution in [3.05, 3.63) is 134 Å². The van der Waals surface area contributed by atoms with Crippen molar-refractivity contribution in [2.24, 2.45) is 0 Å². The van der Waals surface area contributed by atoms with Gasteiger partial charge in [-0.25, -0.2) is 0 Å². The largest absolute Gasteiger partial charge is 3.00 e. The van der Waals surface area contributed by atoms with Gasteiger partial charge in [-0.05, 0) is 66.6 Å². The second-order valence-electron chi connectivity index (χ2n) is 10.6. The summed E-state index contributed by atoms with van der Waals surface area (Å²) >= 11 is 0. The maximum atomic E-state index is 4.32. The molecule has 7 aromatic rings. The van der Waals surface area contributed by atoms with Crippen LogP contribution < -0.4 is 4.90 Å². The van der Waals surface area contributed by atoms with Gasteiger partial charge in [-0.15, -0.1) is 53.4 Å². The smallest absolute Gasteiger partial charge is 0.508 e. The van der Waals surface area contributed by atoms with Crippen LogP contribution in [0.1, 0.15) is 25.3 Å². The number of anilines is 1. The van der Waals surface area contributed by atoms with E-state index >= 15 is 0 Å². The van der Waals surface area contributed by atoms with Crippen molar-refractivity contribution >= 4 is 43.8 Å². The van der Waals surface area contributed by atoms with Gasteiger partial charge in [0.1, 0.15) is 0 Å². The monoisotopic (exact) mass is 724 g/mol.